The van der Waals surface area contributed by atoms with Crippen LogP contribution in [0.4, 0.5) is 5.82 Å². The van der Waals surface area contributed by atoms with Crippen LogP contribution in [0.3, 0.4) is 0 Å². The number of aromatic nitrogens is 2. The van der Waals surface area contributed by atoms with Gasteiger partial charge in [-0.3, -0.25) is 4.79 Å². The molecule has 1 fully saturated rings. The molecule has 0 aromatic carbocycles. The Morgan fingerprint density at radius 3 is 2.44 bits per heavy atom. The van der Waals surface area contributed by atoms with Gasteiger partial charge in [0.25, 0.3) is 0 Å². The Labute approximate surface area is 142 Å². The summed E-state index contributed by atoms with van der Waals surface area (Å²) in [6.45, 7) is 2.38. The molecule has 0 aliphatic carbocycles. The van der Waals surface area contributed by atoms with E-state index < -0.39 is 29.7 Å². The molecule has 0 spiro atoms. The summed E-state index contributed by atoms with van der Waals surface area (Å²) in [5.41, 5.74) is -0.610. The van der Waals surface area contributed by atoms with Gasteiger partial charge in [0.2, 0.25) is 5.43 Å². The third-order valence-corrected chi connectivity index (χ3v) is 4.41. The predicted molar refractivity (Wildman–Crippen MR) is 88.9 cm³/mol. The Kier molecular flexibility index (Phi) is 4.46. The molecule has 3 heterocycles. The first kappa shape index (κ1) is 17.3. The monoisotopic (exact) mass is 349 g/mol. The van der Waals surface area contributed by atoms with Gasteiger partial charge in [-0.25, -0.2) is 9.78 Å². The van der Waals surface area contributed by atoms with Crippen molar-refractivity contribution in [1.82, 2.24) is 9.55 Å². The number of pyridine rings is 2. The molecule has 0 bridgehead atoms. The van der Waals surface area contributed by atoms with Crippen molar-refractivity contribution in [3.8, 4) is 0 Å². The van der Waals surface area contributed by atoms with Gasteiger partial charge in [-0.1, -0.05) is 0 Å². The summed E-state index contributed by atoms with van der Waals surface area (Å²) in [7, 11) is 0. The van der Waals surface area contributed by atoms with Crippen molar-refractivity contribution < 1.29 is 25.2 Å². The van der Waals surface area contributed by atoms with Crippen LogP contribution in [0.1, 0.15) is 17.3 Å². The molecule has 0 amide bonds. The second kappa shape index (κ2) is 6.43. The number of carboxylic acids is 1. The third-order valence-electron chi connectivity index (χ3n) is 4.41. The average molecular weight is 349 g/mol. The highest BCUT2D eigenvalue weighted by atomic mass is 16.4. The SMILES string of the molecule is CCn1cc(C(=O)O)c(=O)c2ccc(N3CC(O)C(O)C(O)C3)nc21. The van der Waals surface area contributed by atoms with Gasteiger partial charge in [0.05, 0.1) is 17.6 Å². The molecule has 9 nitrogen and oxygen atoms in total. The minimum absolute atomic E-state index is 0.0836. The lowest BCUT2D eigenvalue weighted by Gasteiger charge is -2.37. The number of hydrogen-bond donors (Lipinski definition) is 4. The normalized spacial score (nSPS) is 23.8. The number of nitrogens with zero attached hydrogens (tertiary/aromatic N) is 3. The van der Waals surface area contributed by atoms with E-state index in [9.17, 15) is 24.9 Å². The van der Waals surface area contributed by atoms with E-state index in [4.69, 9.17) is 5.11 Å². The van der Waals surface area contributed by atoms with E-state index in [2.05, 4.69) is 4.98 Å². The maximum atomic E-state index is 12.3. The highest BCUT2D eigenvalue weighted by molar-refractivity contribution is 5.92. The lowest BCUT2D eigenvalue weighted by atomic mass is 10.0. The molecular formula is C16H19N3O6. The first-order valence-corrected chi connectivity index (χ1v) is 7.90. The van der Waals surface area contributed by atoms with E-state index in [1.165, 1.54) is 18.3 Å². The van der Waals surface area contributed by atoms with Crippen LogP contribution in [-0.2, 0) is 6.54 Å². The zero-order chi connectivity index (χ0) is 18.3. The van der Waals surface area contributed by atoms with E-state index >= 15 is 0 Å². The van der Waals surface area contributed by atoms with Crippen molar-refractivity contribution in [3.05, 3.63) is 34.1 Å². The standard InChI is InChI=1S/C16H19N3O6/c1-2-18-5-9(16(24)25)13(22)8-3-4-12(17-15(8)18)19-6-10(20)14(23)11(21)7-19/h3-5,10-11,14,20-21,23H,2,6-7H2,1H3,(H,24,25). The van der Waals surface area contributed by atoms with Crippen molar-refractivity contribution in [3.63, 3.8) is 0 Å². The molecular weight excluding hydrogens is 330 g/mol. The fourth-order valence-electron chi connectivity index (χ4n) is 3.01. The number of carbonyl (C=O) groups is 1. The molecule has 134 valence electrons. The van der Waals surface area contributed by atoms with Gasteiger partial charge >= 0.3 is 5.97 Å². The predicted octanol–water partition coefficient (Wildman–Crippen LogP) is -0.983. The summed E-state index contributed by atoms with van der Waals surface area (Å²) >= 11 is 0. The Balaban J connectivity index is 2.10. The molecule has 2 unspecified atom stereocenters. The molecule has 1 saturated heterocycles. The highest BCUT2D eigenvalue weighted by Gasteiger charge is 2.34. The van der Waals surface area contributed by atoms with Gasteiger partial charge in [-0.05, 0) is 19.1 Å². The van der Waals surface area contributed by atoms with Crippen molar-refractivity contribution >= 4 is 22.8 Å². The van der Waals surface area contributed by atoms with Gasteiger partial charge in [-0.2, -0.15) is 0 Å². The number of piperidine rings is 1. The number of carboxylic acid groups (broad SMARTS) is 1. The fraction of sp³-hybridized carbons (Fsp3) is 0.438. The van der Waals surface area contributed by atoms with Crippen LogP contribution in [0.5, 0.6) is 0 Å². The van der Waals surface area contributed by atoms with E-state index in [0.29, 0.717) is 18.0 Å². The second-order valence-electron chi connectivity index (χ2n) is 6.03. The van der Waals surface area contributed by atoms with Crippen LogP contribution in [0.25, 0.3) is 11.0 Å². The molecule has 2 aromatic rings. The van der Waals surface area contributed by atoms with E-state index in [1.807, 2.05) is 0 Å². The van der Waals surface area contributed by atoms with Crippen molar-refractivity contribution in [2.45, 2.75) is 31.8 Å². The minimum atomic E-state index is -1.30. The minimum Gasteiger partial charge on any atom is -0.477 e. The van der Waals surface area contributed by atoms with Crippen LogP contribution in [0, 0.1) is 0 Å². The molecule has 2 atom stereocenters. The summed E-state index contributed by atoms with van der Waals surface area (Å²) in [4.78, 5) is 29.6. The van der Waals surface area contributed by atoms with Gasteiger partial charge in [0.15, 0.2) is 0 Å². The largest absolute Gasteiger partial charge is 0.477 e. The van der Waals surface area contributed by atoms with E-state index in [1.54, 1.807) is 16.4 Å². The number of fused-ring (bicyclic) bond motifs is 1. The molecule has 0 radical (unpaired) electrons. The molecule has 1 aliphatic heterocycles. The first-order valence-electron chi connectivity index (χ1n) is 7.90. The van der Waals surface area contributed by atoms with Gasteiger partial charge in [0, 0.05) is 25.8 Å². The molecule has 2 aromatic heterocycles. The summed E-state index contributed by atoms with van der Waals surface area (Å²) in [5, 5.41) is 38.7. The molecule has 9 heteroatoms. The Hall–Kier alpha value is -2.49. The molecule has 25 heavy (non-hydrogen) atoms. The van der Waals surface area contributed by atoms with Crippen LogP contribution in [0.2, 0.25) is 0 Å². The van der Waals surface area contributed by atoms with Crippen molar-refractivity contribution in [1.29, 1.82) is 0 Å². The third kappa shape index (κ3) is 2.97. The highest BCUT2D eigenvalue weighted by Crippen LogP contribution is 2.21. The van der Waals surface area contributed by atoms with E-state index in [-0.39, 0.29) is 24.0 Å². The molecule has 1 aliphatic rings. The maximum absolute atomic E-state index is 12.3. The number of β-amino-alcohol motifs (C(OH)–C–C–N with tert-alkyl or cyclic N) is 2. The Bertz CT molecular complexity index is 868. The first-order chi connectivity index (χ1) is 11.8. The molecule has 4 N–H and O–H groups in total. The van der Waals surface area contributed by atoms with Gasteiger partial charge in [-0.15, -0.1) is 0 Å². The topological polar surface area (TPSA) is 136 Å². The number of rotatable bonds is 3. The lowest BCUT2D eigenvalue weighted by Crippen LogP contribution is -2.55. The van der Waals surface area contributed by atoms with Gasteiger partial charge < -0.3 is 29.9 Å². The van der Waals surface area contributed by atoms with Crippen LogP contribution >= 0.6 is 0 Å². The summed E-state index contributed by atoms with van der Waals surface area (Å²) in [5.74, 6) is -0.878. The number of aryl methyl sites for hydroxylation is 1. The van der Waals surface area contributed by atoms with Gasteiger partial charge in [0.1, 0.15) is 23.1 Å². The zero-order valence-electron chi connectivity index (χ0n) is 13.5. The van der Waals surface area contributed by atoms with E-state index in [0.717, 1.165) is 0 Å². The molecule has 0 saturated carbocycles. The number of aliphatic hydroxyl groups excluding tert-OH is 3. The maximum Gasteiger partial charge on any atom is 0.341 e. The molecule has 3 rings (SSSR count). The Morgan fingerprint density at radius 2 is 1.88 bits per heavy atom. The lowest BCUT2D eigenvalue weighted by molar-refractivity contribution is -0.0674. The number of aliphatic hydroxyl groups is 3. The number of aromatic carboxylic acids is 1. The quantitative estimate of drug-likeness (QED) is 0.555. The summed E-state index contributed by atoms with van der Waals surface area (Å²) in [6.07, 6.45) is -2.20. The van der Waals surface area contributed by atoms with Crippen LogP contribution < -0.4 is 10.3 Å². The Morgan fingerprint density at radius 1 is 1.24 bits per heavy atom. The fourth-order valence-corrected chi connectivity index (χ4v) is 3.01. The van der Waals surface area contributed by atoms with Crippen LogP contribution in [-0.4, -0.2) is 67.3 Å². The number of hydrogen-bond acceptors (Lipinski definition) is 7. The average Bonchev–Trinajstić information content (AvgIpc) is 2.59. The summed E-state index contributed by atoms with van der Waals surface area (Å²) < 4.78 is 1.56. The zero-order valence-corrected chi connectivity index (χ0v) is 13.5. The van der Waals surface area contributed by atoms with Crippen LogP contribution in [0.15, 0.2) is 23.1 Å². The second-order valence-corrected chi connectivity index (χ2v) is 6.03. The smallest absolute Gasteiger partial charge is 0.341 e. The number of anilines is 1. The summed E-state index contributed by atoms with van der Waals surface area (Å²) in [6, 6.07) is 3.02. The van der Waals surface area contributed by atoms with Crippen molar-refractivity contribution in [2.24, 2.45) is 0 Å². The van der Waals surface area contributed by atoms with Crippen molar-refractivity contribution in [2.75, 3.05) is 18.0 Å².